The van der Waals surface area contributed by atoms with E-state index < -0.39 is 6.43 Å². The molecule has 1 saturated heterocycles. The Morgan fingerprint density at radius 3 is 2.83 bits per heavy atom. The Morgan fingerprint density at radius 1 is 1.33 bits per heavy atom. The van der Waals surface area contributed by atoms with Gasteiger partial charge in [0.1, 0.15) is 0 Å². The molecule has 3 nitrogen and oxygen atoms in total. The summed E-state index contributed by atoms with van der Waals surface area (Å²) in [4.78, 5) is 0. The molecule has 1 aromatic carbocycles. The number of fused-ring (bicyclic) bond motifs is 1. The maximum absolute atomic E-state index is 12.9. The molecule has 5 heteroatoms. The topological polar surface area (TPSA) is 30.5 Å². The molecule has 1 fully saturated rings. The van der Waals surface area contributed by atoms with Crippen LogP contribution in [0.2, 0.25) is 0 Å². The largest absolute Gasteiger partial charge is 0.454 e. The number of hydrogen-bond acceptors (Lipinski definition) is 3. The first kappa shape index (κ1) is 11.7. The fraction of sp³-hybridized carbons (Fsp3) is 0.538. The summed E-state index contributed by atoms with van der Waals surface area (Å²) in [5.41, 5.74) is 0.470. The molecule has 0 amide bonds. The highest BCUT2D eigenvalue weighted by Gasteiger charge is 2.36. The first-order valence-corrected chi connectivity index (χ1v) is 6.07. The second kappa shape index (κ2) is 4.09. The smallest absolute Gasteiger partial charge is 0.263 e. The van der Waals surface area contributed by atoms with Crippen LogP contribution >= 0.6 is 0 Å². The van der Waals surface area contributed by atoms with Gasteiger partial charge in [-0.05, 0) is 38.4 Å². The average molecular weight is 255 g/mol. The summed E-state index contributed by atoms with van der Waals surface area (Å²) in [5.74, 6) is 1.04. The molecule has 0 saturated carbocycles. The molecule has 0 aromatic heterocycles. The standard InChI is InChI=1S/C13H15F2NO2/c1-13(3-2-4-16-13)9-5-8(12(14)15)6-10-11(9)18-7-17-10/h5-6,12,16H,2-4,7H2,1H3. The number of alkyl halides is 2. The summed E-state index contributed by atoms with van der Waals surface area (Å²) in [6, 6.07) is 2.91. The zero-order chi connectivity index (χ0) is 12.8. The van der Waals surface area contributed by atoms with Crippen molar-refractivity contribution in [3.8, 4) is 11.5 Å². The highest BCUT2D eigenvalue weighted by atomic mass is 19.3. The van der Waals surface area contributed by atoms with E-state index >= 15 is 0 Å². The van der Waals surface area contributed by atoms with E-state index in [4.69, 9.17) is 9.47 Å². The van der Waals surface area contributed by atoms with Crippen LogP contribution in [-0.4, -0.2) is 13.3 Å². The van der Waals surface area contributed by atoms with Crippen molar-refractivity contribution in [1.29, 1.82) is 0 Å². The van der Waals surface area contributed by atoms with E-state index in [0.717, 1.165) is 24.9 Å². The van der Waals surface area contributed by atoms with Crippen LogP contribution in [0.3, 0.4) is 0 Å². The van der Waals surface area contributed by atoms with E-state index in [1.54, 1.807) is 0 Å². The lowest BCUT2D eigenvalue weighted by atomic mass is 9.88. The van der Waals surface area contributed by atoms with E-state index in [1.807, 2.05) is 6.92 Å². The van der Waals surface area contributed by atoms with Gasteiger partial charge in [-0.1, -0.05) is 0 Å². The molecule has 2 aliphatic heterocycles. The Hall–Kier alpha value is -1.36. The highest BCUT2D eigenvalue weighted by molar-refractivity contribution is 5.54. The molecule has 0 aliphatic carbocycles. The molecule has 2 heterocycles. The average Bonchev–Trinajstić information content (AvgIpc) is 2.96. The zero-order valence-corrected chi connectivity index (χ0v) is 10.1. The van der Waals surface area contributed by atoms with Gasteiger partial charge in [-0.15, -0.1) is 0 Å². The predicted molar refractivity (Wildman–Crippen MR) is 62.1 cm³/mol. The van der Waals surface area contributed by atoms with Gasteiger partial charge in [0, 0.05) is 16.7 Å². The van der Waals surface area contributed by atoms with Gasteiger partial charge in [0.25, 0.3) is 6.43 Å². The molecule has 98 valence electrons. The quantitative estimate of drug-likeness (QED) is 0.881. The van der Waals surface area contributed by atoms with Crippen molar-refractivity contribution in [3.05, 3.63) is 23.3 Å². The van der Waals surface area contributed by atoms with E-state index in [2.05, 4.69) is 5.32 Å². The van der Waals surface area contributed by atoms with Gasteiger partial charge in [-0.3, -0.25) is 0 Å². The number of halogens is 2. The minimum absolute atomic E-state index is 0.0100. The van der Waals surface area contributed by atoms with Crippen molar-refractivity contribution < 1.29 is 18.3 Å². The first-order valence-electron chi connectivity index (χ1n) is 6.07. The monoisotopic (exact) mass is 255 g/mol. The molecule has 0 bridgehead atoms. The molecule has 1 atom stereocenters. The summed E-state index contributed by atoms with van der Waals surface area (Å²) in [7, 11) is 0. The molecule has 2 aliphatic rings. The summed E-state index contributed by atoms with van der Waals surface area (Å²) in [6.07, 6.45) is -0.552. The van der Waals surface area contributed by atoms with Crippen LogP contribution < -0.4 is 14.8 Å². The van der Waals surface area contributed by atoms with Crippen LogP contribution in [0.25, 0.3) is 0 Å². The third-order valence-corrected chi connectivity index (χ3v) is 3.71. The summed E-state index contributed by atoms with van der Waals surface area (Å²) >= 11 is 0. The number of benzene rings is 1. The fourth-order valence-corrected chi connectivity index (χ4v) is 2.69. The minimum Gasteiger partial charge on any atom is -0.454 e. The molecule has 18 heavy (non-hydrogen) atoms. The Balaban J connectivity index is 2.12. The van der Waals surface area contributed by atoms with Crippen molar-refractivity contribution in [2.75, 3.05) is 13.3 Å². The van der Waals surface area contributed by atoms with Crippen LogP contribution in [0, 0.1) is 0 Å². The second-order valence-electron chi connectivity index (χ2n) is 4.97. The van der Waals surface area contributed by atoms with Crippen molar-refractivity contribution in [3.63, 3.8) is 0 Å². The van der Waals surface area contributed by atoms with Crippen LogP contribution in [0.4, 0.5) is 8.78 Å². The second-order valence-corrected chi connectivity index (χ2v) is 4.97. The third-order valence-electron chi connectivity index (χ3n) is 3.71. The molecule has 1 aromatic rings. The fourth-order valence-electron chi connectivity index (χ4n) is 2.69. The van der Waals surface area contributed by atoms with E-state index in [9.17, 15) is 8.78 Å². The van der Waals surface area contributed by atoms with E-state index in [0.29, 0.717) is 11.5 Å². The molecule has 3 rings (SSSR count). The minimum atomic E-state index is -2.50. The predicted octanol–water partition coefficient (Wildman–Crippen LogP) is 2.95. The van der Waals surface area contributed by atoms with E-state index in [-0.39, 0.29) is 17.9 Å². The Kier molecular flexibility index (Phi) is 2.66. The SMILES string of the molecule is CC1(c2cc(C(F)F)cc3c2OCO3)CCCN1. The van der Waals surface area contributed by atoms with Crippen molar-refractivity contribution in [2.24, 2.45) is 0 Å². The first-order chi connectivity index (χ1) is 8.60. The van der Waals surface area contributed by atoms with Crippen LogP contribution in [0.1, 0.15) is 37.3 Å². The molecular formula is C13H15F2NO2. The number of nitrogens with one attached hydrogen (secondary N) is 1. The molecule has 0 spiro atoms. The Morgan fingerprint density at radius 2 is 2.17 bits per heavy atom. The van der Waals surface area contributed by atoms with Gasteiger partial charge in [0.05, 0.1) is 0 Å². The molecule has 1 N–H and O–H groups in total. The Labute approximate surface area is 104 Å². The molecular weight excluding hydrogens is 240 g/mol. The van der Waals surface area contributed by atoms with Crippen molar-refractivity contribution in [1.82, 2.24) is 5.32 Å². The summed E-state index contributed by atoms with van der Waals surface area (Å²) in [5, 5.41) is 3.36. The number of ether oxygens (including phenoxy) is 2. The third kappa shape index (κ3) is 1.73. The van der Waals surface area contributed by atoms with Gasteiger partial charge in [0.15, 0.2) is 11.5 Å². The summed E-state index contributed by atoms with van der Waals surface area (Å²) < 4.78 is 36.5. The van der Waals surface area contributed by atoms with Gasteiger partial charge in [-0.2, -0.15) is 0 Å². The zero-order valence-electron chi connectivity index (χ0n) is 10.1. The van der Waals surface area contributed by atoms with Crippen molar-refractivity contribution in [2.45, 2.75) is 31.7 Å². The highest BCUT2D eigenvalue weighted by Crippen LogP contribution is 2.45. The normalized spacial score (nSPS) is 26.0. The molecule has 0 radical (unpaired) electrons. The van der Waals surface area contributed by atoms with Gasteiger partial charge < -0.3 is 14.8 Å². The maximum atomic E-state index is 12.9. The van der Waals surface area contributed by atoms with Crippen LogP contribution in [-0.2, 0) is 5.54 Å². The van der Waals surface area contributed by atoms with Crippen LogP contribution in [0.15, 0.2) is 12.1 Å². The van der Waals surface area contributed by atoms with Crippen molar-refractivity contribution >= 4 is 0 Å². The lowest BCUT2D eigenvalue weighted by molar-refractivity contribution is 0.150. The maximum Gasteiger partial charge on any atom is 0.263 e. The van der Waals surface area contributed by atoms with Gasteiger partial charge in [-0.25, -0.2) is 8.78 Å². The van der Waals surface area contributed by atoms with Gasteiger partial charge in [0.2, 0.25) is 6.79 Å². The lowest BCUT2D eigenvalue weighted by Gasteiger charge is -2.26. The number of rotatable bonds is 2. The van der Waals surface area contributed by atoms with Gasteiger partial charge >= 0.3 is 0 Å². The summed E-state index contributed by atoms with van der Waals surface area (Å²) in [6.45, 7) is 3.02. The molecule has 1 unspecified atom stereocenters. The Bertz CT molecular complexity index is 470. The van der Waals surface area contributed by atoms with E-state index in [1.165, 1.54) is 12.1 Å². The number of hydrogen-bond donors (Lipinski definition) is 1. The van der Waals surface area contributed by atoms with Crippen LogP contribution in [0.5, 0.6) is 11.5 Å². The lowest BCUT2D eigenvalue weighted by Crippen LogP contribution is -2.33.